The zero-order valence-electron chi connectivity index (χ0n) is 18.1. The van der Waals surface area contributed by atoms with Crippen molar-refractivity contribution in [2.24, 2.45) is 0 Å². The SMILES string of the molecule is CN(Cc1ccccc1)C(=O)NCCC(=O)Nc1ccc2nc(-c3ccc(F)cc3)[nH]c2c1. The van der Waals surface area contributed by atoms with Gasteiger partial charge in [0.15, 0.2) is 0 Å². The highest BCUT2D eigenvalue weighted by molar-refractivity contribution is 5.93. The van der Waals surface area contributed by atoms with Gasteiger partial charge in [-0.1, -0.05) is 30.3 Å². The number of amides is 3. The van der Waals surface area contributed by atoms with E-state index in [9.17, 15) is 14.0 Å². The molecule has 3 aromatic carbocycles. The van der Waals surface area contributed by atoms with E-state index in [0.717, 1.165) is 22.2 Å². The lowest BCUT2D eigenvalue weighted by Gasteiger charge is -2.18. The molecule has 4 rings (SSSR count). The first-order chi connectivity index (χ1) is 16.0. The predicted octanol–water partition coefficient (Wildman–Crippen LogP) is 4.54. The molecule has 8 heteroatoms. The molecule has 4 aromatic rings. The van der Waals surface area contributed by atoms with Gasteiger partial charge in [0, 0.05) is 37.8 Å². The van der Waals surface area contributed by atoms with Gasteiger partial charge in [0.1, 0.15) is 11.6 Å². The van der Waals surface area contributed by atoms with Crippen LogP contribution in [0, 0.1) is 5.82 Å². The number of nitrogens with zero attached hydrogens (tertiary/aromatic N) is 2. The second-order valence-corrected chi connectivity index (χ2v) is 7.70. The number of anilines is 1. The minimum absolute atomic E-state index is 0.146. The molecule has 0 aliphatic heterocycles. The van der Waals surface area contributed by atoms with Crippen molar-refractivity contribution in [2.45, 2.75) is 13.0 Å². The van der Waals surface area contributed by atoms with Crippen LogP contribution in [0.3, 0.4) is 0 Å². The molecule has 1 aromatic heterocycles. The van der Waals surface area contributed by atoms with E-state index in [1.165, 1.54) is 12.1 Å². The van der Waals surface area contributed by atoms with E-state index in [1.54, 1.807) is 42.3 Å². The van der Waals surface area contributed by atoms with Crippen molar-refractivity contribution in [1.29, 1.82) is 0 Å². The van der Waals surface area contributed by atoms with Crippen LogP contribution in [0.5, 0.6) is 0 Å². The van der Waals surface area contributed by atoms with Crippen LogP contribution in [-0.4, -0.2) is 40.4 Å². The Morgan fingerprint density at radius 2 is 1.79 bits per heavy atom. The first-order valence-electron chi connectivity index (χ1n) is 10.6. The average molecular weight is 445 g/mol. The van der Waals surface area contributed by atoms with Crippen LogP contribution in [-0.2, 0) is 11.3 Å². The normalized spacial score (nSPS) is 10.7. The molecule has 0 atom stereocenters. The number of aromatic nitrogens is 2. The summed E-state index contributed by atoms with van der Waals surface area (Å²) in [5.41, 5.74) is 3.91. The van der Waals surface area contributed by atoms with E-state index in [0.29, 0.717) is 18.1 Å². The minimum Gasteiger partial charge on any atom is -0.338 e. The fourth-order valence-electron chi connectivity index (χ4n) is 3.40. The van der Waals surface area contributed by atoms with Gasteiger partial charge in [-0.3, -0.25) is 4.79 Å². The number of halogens is 1. The third-order valence-corrected chi connectivity index (χ3v) is 5.12. The number of H-pyrrole nitrogens is 1. The molecule has 33 heavy (non-hydrogen) atoms. The number of imidazole rings is 1. The summed E-state index contributed by atoms with van der Waals surface area (Å²) in [5, 5.41) is 5.59. The van der Waals surface area contributed by atoms with Gasteiger partial charge < -0.3 is 20.5 Å². The number of aromatic amines is 1. The lowest BCUT2D eigenvalue weighted by molar-refractivity contribution is -0.116. The van der Waals surface area contributed by atoms with Gasteiger partial charge in [-0.2, -0.15) is 0 Å². The first kappa shape index (κ1) is 22.0. The van der Waals surface area contributed by atoms with E-state index in [2.05, 4.69) is 20.6 Å². The fourth-order valence-corrected chi connectivity index (χ4v) is 3.40. The van der Waals surface area contributed by atoms with Crippen molar-refractivity contribution in [3.63, 3.8) is 0 Å². The third-order valence-electron chi connectivity index (χ3n) is 5.12. The van der Waals surface area contributed by atoms with Crippen LogP contribution in [0.15, 0.2) is 72.8 Å². The van der Waals surface area contributed by atoms with Gasteiger partial charge in [-0.25, -0.2) is 14.2 Å². The van der Waals surface area contributed by atoms with Gasteiger partial charge >= 0.3 is 6.03 Å². The topological polar surface area (TPSA) is 90.1 Å². The van der Waals surface area contributed by atoms with Crippen molar-refractivity contribution < 1.29 is 14.0 Å². The summed E-state index contributed by atoms with van der Waals surface area (Å²) in [6.07, 6.45) is 0.146. The molecule has 0 bridgehead atoms. The van der Waals surface area contributed by atoms with Crippen LogP contribution in [0.25, 0.3) is 22.4 Å². The van der Waals surface area contributed by atoms with Crippen LogP contribution < -0.4 is 10.6 Å². The van der Waals surface area contributed by atoms with E-state index >= 15 is 0 Å². The van der Waals surface area contributed by atoms with Crippen molar-refractivity contribution in [3.8, 4) is 11.4 Å². The Hall–Kier alpha value is -4.20. The summed E-state index contributed by atoms with van der Waals surface area (Å²) in [6, 6.07) is 20.9. The Morgan fingerprint density at radius 1 is 1.03 bits per heavy atom. The second kappa shape index (κ2) is 9.95. The Balaban J connectivity index is 1.28. The van der Waals surface area contributed by atoms with Gasteiger partial charge in [0.2, 0.25) is 5.91 Å². The van der Waals surface area contributed by atoms with Crippen LogP contribution >= 0.6 is 0 Å². The van der Waals surface area contributed by atoms with E-state index in [-0.39, 0.29) is 30.7 Å². The van der Waals surface area contributed by atoms with E-state index in [1.807, 2.05) is 30.3 Å². The molecule has 3 N–H and O–H groups in total. The second-order valence-electron chi connectivity index (χ2n) is 7.70. The number of hydrogen-bond acceptors (Lipinski definition) is 3. The minimum atomic E-state index is -0.307. The zero-order valence-corrected chi connectivity index (χ0v) is 18.1. The lowest BCUT2D eigenvalue weighted by Crippen LogP contribution is -2.38. The first-order valence-corrected chi connectivity index (χ1v) is 10.6. The Kier molecular flexibility index (Phi) is 6.64. The van der Waals surface area contributed by atoms with Crippen LogP contribution in [0.1, 0.15) is 12.0 Å². The van der Waals surface area contributed by atoms with Crippen LogP contribution in [0.4, 0.5) is 14.9 Å². The average Bonchev–Trinajstić information content (AvgIpc) is 3.23. The molecule has 0 spiro atoms. The molecule has 1 heterocycles. The highest BCUT2D eigenvalue weighted by Gasteiger charge is 2.11. The molecule has 0 saturated heterocycles. The van der Waals surface area contributed by atoms with Crippen molar-refractivity contribution in [1.82, 2.24) is 20.2 Å². The fraction of sp³-hybridized carbons (Fsp3) is 0.160. The third kappa shape index (κ3) is 5.74. The Labute approximate surface area is 190 Å². The van der Waals surface area contributed by atoms with Gasteiger partial charge in [-0.05, 0) is 48.0 Å². The molecule has 0 radical (unpaired) electrons. The highest BCUT2D eigenvalue weighted by Crippen LogP contribution is 2.23. The van der Waals surface area contributed by atoms with Gasteiger partial charge in [0.25, 0.3) is 0 Å². The molecule has 0 saturated carbocycles. The number of nitrogens with one attached hydrogen (secondary N) is 3. The smallest absolute Gasteiger partial charge is 0.317 e. The summed E-state index contributed by atoms with van der Waals surface area (Å²) in [5.74, 6) is 0.105. The Bertz CT molecular complexity index is 1260. The molecular weight excluding hydrogens is 421 g/mol. The highest BCUT2D eigenvalue weighted by atomic mass is 19.1. The number of urea groups is 1. The predicted molar refractivity (Wildman–Crippen MR) is 126 cm³/mol. The largest absolute Gasteiger partial charge is 0.338 e. The summed E-state index contributed by atoms with van der Waals surface area (Å²) in [7, 11) is 1.71. The quantitative estimate of drug-likeness (QED) is 0.390. The van der Waals surface area contributed by atoms with Crippen molar-refractivity contribution in [2.75, 3.05) is 18.9 Å². The number of fused-ring (bicyclic) bond motifs is 1. The molecule has 0 aliphatic rings. The number of rotatable bonds is 7. The van der Waals surface area contributed by atoms with Gasteiger partial charge in [0.05, 0.1) is 11.0 Å². The molecular formula is C25H24FN5O2. The summed E-state index contributed by atoms with van der Waals surface area (Å²) in [4.78, 5) is 33.8. The summed E-state index contributed by atoms with van der Waals surface area (Å²) >= 11 is 0. The monoisotopic (exact) mass is 445 g/mol. The number of benzene rings is 3. The maximum absolute atomic E-state index is 13.1. The standard InChI is InChI=1S/C25H24FN5O2/c1-31(16-17-5-3-2-4-6-17)25(33)27-14-13-23(32)28-20-11-12-21-22(15-20)30-24(29-21)18-7-9-19(26)10-8-18/h2-12,15H,13-14,16H2,1H3,(H,27,33)(H,28,32)(H,29,30). The van der Waals surface area contributed by atoms with Gasteiger partial charge in [-0.15, -0.1) is 0 Å². The number of carbonyl (C=O) groups is 2. The molecule has 0 unspecified atom stereocenters. The molecule has 3 amide bonds. The Morgan fingerprint density at radius 3 is 2.55 bits per heavy atom. The zero-order chi connectivity index (χ0) is 23.2. The number of hydrogen-bond donors (Lipinski definition) is 3. The van der Waals surface area contributed by atoms with Crippen molar-refractivity contribution >= 4 is 28.7 Å². The molecule has 0 fully saturated rings. The van der Waals surface area contributed by atoms with Crippen molar-refractivity contribution in [3.05, 3.63) is 84.2 Å². The maximum Gasteiger partial charge on any atom is 0.317 e. The molecule has 0 aliphatic carbocycles. The van der Waals surface area contributed by atoms with Crippen LogP contribution in [0.2, 0.25) is 0 Å². The maximum atomic E-state index is 13.1. The molecule has 7 nitrogen and oxygen atoms in total. The summed E-state index contributed by atoms with van der Waals surface area (Å²) in [6.45, 7) is 0.716. The van der Waals surface area contributed by atoms with E-state index in [4.69, 9.17) is 0 Å². The number of carbonyl (C=O) groups excluding carboxylic acids is 2. The summed E-state index contributed by atoms with van der Waals surface area (Å²) < 4.78 is 13.1. The van der Waals surface area contributed by atoms with E-state index < -0.39 is 0 Å². The molecule has 168 valence electrons. The lowest BCUT2D eigenvalue weighted by atomic mass is 10.2.